The zero-order chi connectivity index (χ0) is 12.1. The summed E-state index contributed by atoms with van der Waals surface area (Å²) >= 11 is 0. The molecule has 0 aromatic heterocycles. The largest absolute Gasteiger partial charge is 0.489 e. The van der Waals surface area contributed by atoms with Crippen LogP contribution in [0.3, 0.4) is 0 Å². The molecular formula is C14H15O2P. The van der Waals surface area contributed by atoms with Crippen molar-refractivity contribution in [3.05, 3.63) is 59.7 Å². The fraction of sp³-hybridized carbons (Fsp3) is 0.143. The minimum Gasteiger partial charge on any atom is -0.489 e. The van der Waals surface area contributed by atoms with E-state index >= 15 is 0 Å². The number of aliphatic hydroxyl groups excluding tert-OH is 1. The van der Waals surface area contributed by atoms with Gasteiger partial charge in [-0.2, -0.15) is 0 Å². The molecule has 1 unspecified atom stereocenters. The maximum absolute atomic E-state index is 8.92. The summed E-state index contributed by atoms with van der Waals surface area (Å²) in [4.78, 5) is 0. The van der Waals surface area contributed by atoms with E-state index in [0.717, 1.165) is 16.9 Å². The lowest BCUT2D eigenvalue weighted by Gasteiger charge is -2.07. The molecule has 17 heavy (non-hydrogen) atoms. The highest BCUT2D eigenvalue weighted by molar-refractivity contribution is 7.27. The van der Waals surface area contributed by atoms with Crippen LogP contribution in [0, 0.1) is 0 Å². The second kappa shape index (κ2) is 5.81. The van der Waals surface area contributed by atoms with Crippen LogP contribution in [0.15, 0.2) is 48.5 Å². The van der Waals surface area contributed by atoms with Gasteiger partial charge in [-0.25, -0.2) is 0 Å². The van der Waals surface area contributed by atoms with Crippen LogP contribution in [0.4, 0.5) is 0 Å². The van der Waals surface area contributed by atoms with Gasteiger partial charge in [-0.3, -0.25) is 0 Å². The molecule has 0 aliphatic heterocycles. The van der Waals surface area contributed by atoms with Gasteiger partial charge in [0.25, 0.3) is 0 Å². The Hall–Kier alpha value is -1.37. The van der Waals surface area contributed by atoms with Crippen LogP contribution in [0.25, 0.3) is 0 Å². The van der Waals surface area contributed by atoms with Gasteiger partial charge in [0.05, 0.1) is 6.61 Å². The van der Waals surface area contributed by atoms with Gasteiger partial charge in [0.1, 0.15) is 12.4 Å². The molecule has 88 valence electrons. The van der Waals surface area contributed by atoms with E-state index in [0.29, 0.717) is 6.61 Å². The molecule has 0 amide bonds. The second-order valence-corrected chi connectivity index (χ2v) is 4.50. The summed E-state index contributed by atoms with van der Waals surface area (Å²) in [5.41, 5.74) is 2.03. The Morgan fingerprint density at radius 1 is 0.882 bits per heavy atom. The average molecular weight is 246 g/mol. The molecule has 1 N–H and O–H groups in total. The SMILES string of the molecule is OCc1ccc(OCc2ccc(P)cc2)cc1. The monoisotopic (exact) mass is 246 g/mol. The molecule has 3 heteroatoms. The summed E-state index contributed by atoms with van der Waals surface area (Å²) in [6.07, 6.45) is 0. The van der Waals surface area contributed by atoms with Gasteiger partial charge in [-0.1, -0.05) is 36.4 Å². The van der Waals surface area contributed by atoms with Gasteiger partial charge in [-0.05, 0) is 28.6 Å². The summed E-state index contributed by atoms with van der Waals surface area (Å²) in [5, 5.41) is 10.1. The molecule has 0 aliphatic carbocycles. The van der Waals surface area contributed by atoms with E-state index in [-0.39, 0.29) is 6.61 Å². The van der Waals surface area contributed by atoms with Gasteiger partial charge in [0.15, 0.2) is 0 Å². The highest BCUT2D eigenvalue weighted by atomic mass is 31.0. The molecule has 0 radical (unpaired) electrons. The van der Waals surface area contributed by atoms with Crippen molar-refractivity contribution in [3.63, 3.8) is 0 Å². The number of hydrogen-bond acceptors (Lipinski definition) is 2. The lowest BCUT2D eigenvalue weighted by atomic mass is 10.2. The fourth-order valence-electron chi connectivity index (χ4n) is 1.47. The predicted octanol–water partition coefficient (Wildman–Crippen LogP) is 2.26. The molecule has 2 aromatic carbocycles. The van der Waals surface area contributed by atoms with Crippen molar-refractivity contribution in [1.29, 1.82) is 0 Å². The van der Waals surface area contributed by atoms with Crippen LogP contribution in [0.5, 0.6) is 5.75 Å². The number of hydrogen-bond donors (Lipinski definition) is 1. The molecule has 2 nitrogen and oxygen atoms in total. The van der Waals surface area contributed by atoms with Crippen LogP contribution in [-0.2, 0) is 13.2 Å². The first-order valence-corrected chi connectivity index (χ1v) is 6.02. The standard InChI is InChI=1S/C14H15O2P/c15-9-11-1-5-13(6-2-11)16-10-12-3-7-14(17)8-4-12/h1-8,15H,9-10,17H2. The van der Waals surface area contributed by atoms with Crippen molar-refractivity contribution in [2.75, 3.05) is 0 Å². The predicted molar refractivity (Wildman–Crippen MR) is 72.5 cm³/mol. The summed E-state index contributed by atoms with van der Waals surface area (Å²) < 4.78 is 5.64. The van der Waals surface area contributed by atoms with Crippen molar-refractivity contribution in [3.8, 4) is 5.75 Å². The van der Waals surface area contributed by atoms with E-state index < -0.39 is 0 Å². The molecule has 2 rings (SSSR count). The zero-order valence-corrected chi connectivity index (χ0v) is 10.6. The highest BCUT2D eigenvalue weighted by Crippen LogP contribution is 2.14. The lowest BCUT2D eigenvalue weighted by Crippen LogP contribution is -1.97. The first-order valence-electron chi connectivity index (χ1n) is 5.45. The van der Waals surface area contributed by atoms with Crippen molar-refractivity contribution in [2.45, 2.75) is 13.2 Å². The van der Waals surface area contributed by atoms with E-state index in [2.05, 4.69) is 9.24 Å². The highest BCUT2D eigenvalue weighted by Gasteiger charge is 1.96. The molecule has 0 fully saturated rings. The van der Waals surface area contributed by atoms with Crippen LogP contribution < -0.4 is 10.0 Å². The lowest BCUT2D eigenvalue weighted by molar-refractivity contribution is 0.280. The molecule has 0 aliphatic rings. The van der Waals surface area contributed by atoms with Gasteiger partial charge in [-0.15, -0.1) is 9.24 Å². The third kappa shape index (κ3) is 3.55. The second-order valence-electron chi connectivity index (χ2n) is 3.83. The van der Waals surface area contributed by atoms with E-state index in [9.17, 15) is 0 Å². The van der Waals surface area contributed by atoms with Gasteiger partial charge >= 0.3 is 0 Å². The molecule has 0 bridgehead atoms. The number of benzene rings is 2. The minimum absolute atomic E-state index is 0.0654. The van der Waals surface area contributed by atoms with Crippen LogP contribution in [0.1, 0.15) is 11.1 Å². The molecule has 0 spiro atoms. The van der Waals surface area contributed by atoms with Crippen molar-refractivity contribution in [2.24, 2.45) is 0 Å². The third-order valence-corrected chi connectivity index (χ3v) is 2.88. The van der Waals surface area contributed by atoms with Crippen LogP contribution in [0.2, 0.25) is 0 Å². The normalized spacial score (nSPS) is 10.2. The molecule has 0 saturated carbocycles. The summed E-state index contributed by atoms with van der Waals surface area (Å²) in [7, 11) is 2.66. The van der Waals surface area contributed by atoms with Gasteiger partial charge in [0.2, 0.25) is 0 Å². The minimum atomic E-state index is 0.0654. The Morgan fingerprint density at radius 2 is 1.47 bits per heavy atom. The summed E-state index contributed by atoms with van der Waals surface area (Å²) in [6, 6.07) is 15.6. The molecule has 1 atom stereocenters. The quantitative estimate of drug-likeness (QED) is 0.838. The van der Waals surface area contributed by atoms with Gasteiger partial charge < -0.3 is 9.84 Å². The maximum Gasteiger partial charge on any atom is 0.119 e. The zero-order valence-electron chi connectivity index (χ0n) is 9.47. The van der Waals surface area contributed by atoms with Crippen LogP contribution >= 0.6 is 9.24 Å². The number of rotatable bonds is 4. The fourth-order valence-corrected chi connectivity index (χ4v) is 1.66. The maximum atomic E-state index is 8.92. The van der Waals surface area contributed by atoms with E-state index in [1.54, 1.807) is 0 Å². The Labute approximate surface area is 103 Å². The average Bonchev–Trinajstić information content (AvgIpc) is 2.39. The Morgan fingerprint density at radius 3 is 2.06 bits per heavy atom. The number of ether oxygens (including phenoxy) is 1. The Bertz CT molecular complexity index is 463. The number of aliphatic hydroxyl groups is 1. The smallest absolute Gasteiger partial charge is 0.119 e. The third-order valence-electron chi connectivity index (χ3n) is 2.49. The van der Waals surface area contributed by atoms with Crippen molar-refractivity contribution < 1.29 is 9.84 Å². The molecule has 2 aromatic rings. The van der Waals surface area contributed by atoms with E-state index in [1.807, 2.05) is 48.5 Å². The topological polar surface area (TPSA) is 29.5 Å². The molecule has 0 heterocycles. The van der Waals surface area contributed by atoms with E-state index in [1.165, 1.54) is 5.30 Å². The first kappa shape index (κ1) is 12.1. The molecular weight excluding hydrogens is 231 g/mol. The van der Waals surface area contributed by atoms with Gasteiger partial charge in [0, 0.05) is 0 Å². The summed E-state index contributed by atoms with van der Waals surface area (Å²) in [6.45, 7) is 0.624. The molecule has 0 saturated heterocycles. The summed E-state index contributed by atoms with van der Waals surface area (Å²) in [5.74, 6) is 0.817. The van der Waals surface area contributed by atoms with E-state index in [4.69, 9.17) is 9.84 Å². The van der Waals surface area contributed by atoms with Crippen LogP contribution in [-0.4, -0.2) is 5.11 Å². The van der Waals surface area contributed by atoms with Crippen molar-refractivity contribution >= 4 is 14.5 Å². The Balaban J connectivity index is 1.95. The van der Waals surface area contributed by atoms with Crippen molar-refractivity contribution in [1.82, 2.24) is 0 Å². The first-order chi connectivity index (χ1) is 8.28. The Kier molecular flexibility index (Phi) is 4.13.